The zero-order valence-corrected chi connectivity index (χ0v) is 27.8. The molecule has 0 aliphatic heterocycles. The maximum atomic E-state index is 12.6. The van der Waals surface area contributed by atoms with Crippen LogP contribution in [0.3, 0.4) is 0 Å². The molecule has 248 valence electrons. The van der Waals surface area contributed by atoms with Gasteiger partial charge >= 0.3 is 11.9 Å². The highest BCUT2D eigenvalue weighted by Gasteiger charge is 2.11. The van der Waals surface area contributed by atoms with Crippen LogP contribution in [0.15, 0.2) is 36.5 Å². The number of carboxylic acids is 1. The van der Waals surface area contributed by atoms with Crippen LogP contribution in [0.1, 0.15) is 168 Å². The molecule has 0 aromatic carbocycles. The van der Waals surface area contributed by atoms with Crippen LogP contribution < -0.4 is 5.32 Å². The van der Waals surface area contributed by atoms with E-state index in [2.05, 4.69) is 55.6 Å². The highest BCUT2D eigenvalue weighted by molar-refractivity contribution is 5.80. The van der Waals surface area contributed by atoms with Crippen LogP contribution in [-0.4, -0.2) is 35.6 Å². The van der Waals surface area contributed by atoms with Gasteiger partial charge in [-0.2, -0.15) is 0 Å². The molecule has 1 unspecified atom stereocenters. The van der Waals surface area contributed by atoms with E-state index in [-0.39, 0.29) is 24.5 Å². The lowest BCUT2D eigenvalue weighted by Crippen LogP contribution is -2.28. The molecule has 1 atom stereocenters. The van der Waals surface area contributed by atoms with Crippen molar-refractivity contribution in [2.45, 2.75) is 174 Å². The summed E-state index contributed by atoms with van der Waals surface area (Å²) in [6.07, 6.45) is 38.4. The average Bonchev–Trinajstić information content (AvgIpc) is 2.99. The Balaban J connectivity index is 4.23. The third kappa shape index (κ3) is 32.4. The van der Waals surface area contributed by atoms with Gasteiger partial charge in [0.1, 0.15) is 12.6 Å². The monoisotopic (exact) mass is 603 g/mol. The molecule has 0 heterocycles. The first-order valence-electron chi connectivity index (χ1n) is 17.6. The summed E-state index contributed by atoms with van der Waals surface area (Å²) in [5.74, 6) is -1.30. The Bertz CT molecular complexity index is 758. The summed E-state index contributed by atoms with van der Waals surface area (Å²) in [5.41, 5.74) is 0. The Morgan fingerprint density at radius 2 is 1.14 bits per heavy atom. The van der Waals surface area contributed by atoms with Crippen molar-refractivity contribution in [2.75, 3.05) is 6.54 Å². The Hall–Kier alpha value is -2.37. The van der Waals surface area contributed by atoms with E-state index in [1.165, 1.54) is 70.6 Å². The second kappa shape index (κ2) is 32.5. The number of hydrogen-bond donors (Lipinski definition) is 2. The van der Waals surface area contributed by atoms with Crippen molar-refractivity contribution >= 4 is 17.8 Å². The van der Waals surface area contributed by atoms with Crippen molar-refractivity contribution in [3.05, 3.63) is 36.5 Å². The number of unbranched alkanes of at least 4 members (excludes halogenated alkanes) is 16. The predicted octanol–water partition coefficient (Wildman–Crippen LogP) is 10.2. The van der Waals surface area contributed by atoms with E-state index in [1.54, 1.807) is 0 Å². The molecule has 6 heteroatoms. The predicted molar refractivity (Wildman–Crippen MR) is 180 cm³/mol. The molecule has 1 amide bonds. The third-order valence-corrected chi connectivity index (χ3v) is 7.52. The van der Waals surface area contributed by atoms with Crippen LogP contribution in [0.5, 0.6) is 0 Å². The fraction of sp³-hybridized carbons (Fsp3) is 0.757. The van der Waals surface area contributed by atoms with Crippen LogP contribution in [0.25, 0.3) is 0 Å². The summed E-state index contributed by atoms with van der Waals surface area (Å²) in [7, 11) is 0. The standard InChI is InChI=1S/C37H65NO5/c1-3-5-7-9-11-13-14-15-16-18-24-28-32-37(42)43-34(29-25-21-17-12-10-8-6-4-2)30-26-22-19-20-23-27-31-35(39)38-33-36(40)41/h11-13,17,25,29,34H,3-10,14-16,18-24,26-28,30-33H2,1-2H3,(H,38,39)(H,40,41)/b13-11-,17-12-,29-25-. The Kier molecular flexibility index (Phi) is 30.7. The van der Waals surface area contributed by atoms with Crippen LogP contribution in [0.4, 0.5) is 0 Å². The number of esters is 1. The fourth-order valence-electron chi connectivity index (χ4n) is 4.87. The van der Waals surface area contributed by atoms with E-state index in [0.29, 0.717) is 12.8 Å². The van der Waals surface area contributed by atoms with Crippen LogP contribution in [-0.2, 0) is 19.1 Å². The number of rotatable bonds is 31. The fourth-order valence-corrected chi connectivity index (χ4v) is 4.87. The molecule has 0 aromatic rings. The van der Waals surface area contributed by atoms with Gasteiger partial charge in [-0.1, -0.05) is 115 Å². The molecule has 43 heavy (non-hydrogen) atoms. The summed E-state index contributed by atoms with van der Waals surface area (Å²) >= 11 is 0. The van der Waals surface area contributed by atoms with E-state index in [4.69, 9.17) is 9.84 Å². The minimum absolute atomic E-state index is 0.0825. The van der Waals surface area contributed by atoms with Crippen molar-refractivity contribution in [3.63, 3.8) is 0 Å². The Morgan fingerprint density at radius 1 is 0.628 bits per heavy atom. The number of carbonyl (C=O) groups is 3. The number of ether oxygens (including phenoxy) is 1. The van der Waals surface area contributed by atoms with Gasteiger partial charge in [0.25, 0.3) is 0 Å². The lowest BCUT2D eigenvalue weighted by molar-refractivity contribution is -0.147. The summed E-state index contributed by atoms with van der Waals surface area (Å²) in [5, 5.41) is 11.0. The number of hydrogen-bond acceptors (Lipinski definition) is 4. The minimum Gasteiger partial charge on any atom is -0.480 e. The second-order valence-corrected chi connectivity index (χ2v) is 11.8. The molecular formula is C37H65NO5. The molecule has 0 fully saturated rings. The number of amides is 1. The van der Waals surface area contributed by atoms with Gasteiger partial charge in [-0.15, -0.1) is 0 Å². The summed E-state index contributed by atoms with van der Waals surface area (Å²) in [4.78, 5) is 34.7. The van der Waals surface area contributed by atoms with Gasteiger partial charge < -0.3 is 15.2 Å². The Labute approximate surface area is 264 Å². The highest BCUT2D eigenvalue weighted by atomic mass is 16.5. The third-order valence-electron chi connectivity index (χ3n) is 7.52. The number of aliphatic carboxylic acids is 1. The second-order valence-electron chi connectivity index (χ2n) is 11.8. The number of carboxylic acid groups (broad SMARTS) is 1. The highest BCUT2D eigenvalue weighted by Crippen LogP contribution is 2.15. The first-order valence-corrected chi connectivity index (χ1v) is 17.6. The van der Waals surface area contributed by atoms with Crippen molar-refractivity contribution in [3.8, 4) is 0 Å². The van der Waals surface area contributed by atoms with E-state index in [1.807, 2.05) is 0 Å². The molecule has 0 spiro atoms. The van der Waals surface area contributed by atoms with Gasteiger partial charge in [-0.05, 0) is 76.7 Å². The summed E-state index contributed by atoms with van der Waals surface area (Å²) < 4.78 is 5.88. The Morgan fingerprint density at radius 3 is 1.74 bits per heavy atom. The van der Waals surface area contributed by atoms with E-state index in [9.17, 15) is 14.4 Å². The molecule has 0 aliphatic carbocycles. The van der Waals surface area contributed by atoms with E-state index in [0.717, 1.165) is 70.6 Å². The maximum absolute atomic E-state index is 12.6. The number of nitrogens with one attached hydrogen (secondary N) is 1. The van der Waals surface area contributed by atoms with Crippen LogP contribution in [0, 0.1) is 0 Å². The van der Waals surface area contributed by atoms with Crippen molar-refractivity contribution in [2.24, 2.45) is 0 Å². The van der Waals surface area contributed by atoms with Gasteiger partial charge in [0.2, 0.25) is 5.91 Å². The molecule has 0 rings (SSSR count). The normalized spacial score (nSPS) is 12.4. The SMILES string of the molecule is CCCCC/C=C\C/C=C\C(CCCCCCCCC(=O)NCC(=O)O)OC(=O)CCCCCCC/C=C\CCCCC. The van der Waals surface area contributed by atoms with Crippen LogP contribution >= 0.6 is 0 Å². The number of allylic oxidation sites excluding steroid dienone is 5. The molecule has 0 saturated heterocycles. The average molecular weight is 604 g/mol. The first-order chi connectivity index (χ1) is 21.0. The van der Waals surface area contributed by atoms with Crippen molar-refractivity contribution < 1.29 is 24.2 Å². The number of carbonyl (C=O) groups excluding carboxylic acids is 2. The van der Waals surface area contributed by atoms with E-state index < -0.39 is 5.97 Å². The zero-order chi connectivity index (χ0) is 31.6. The lowest BCUT2D eigenvalue weighted by Gasteiger charge is -2.14. The topological polar surface area (TPSA) is 92.7 Å². The largest absolute Gasteiger partial charge is 0.480 e. The summed E-state index contributed by atoms with van der Waals surface area (Å²) in [6.45, 7) is 4.15. The van der Waals surface area contributed by atoms with Gasteiger partial charge in [0.15, 0.2) is 0 Å². The van der Waals surface area contributed by atoms with Crippen molar-refractivity contribution in [1.82, 2.24) is 5.32 Å². The first kappa shape index (κ1) is 40.6. The molecular weight excluding hydrogens is 538 g/mol. The van der Waals surface area contributed by atoms with Gasteiger partial charge in [-0.3, -0.25) is 14.4 Å². The van der Waals surface area contributed by atoms with Gasteiger partial charge in [-0.25, -0.2) is 0 Å². The molecule has 2 N–H and O–H groups in total. The van der Waals surface area contributed by atoms with Crippen LogP contribution in [0.2, 0.25) is 0 Å². The quantitative estimate of drug-likeness (QED) is 0.0467. The molecule has 0 aromatic heterocycles. The zero-order valence-electron chi connectivity index (χ0n) is 27.8. The van der Waals surface area contributed by atoms with Crippen molar-refractivity contribution in [1.29, 1.82) is 0 Å². The molecule has 0 bridgehead atoms. The van der Waals surface area contributed by atoms with E-state index >= 15 is 0 Å². The van der Waals surface area contributed by atoms with Gasteiger partial charge in [0, 0.05) is 12.8 Å². The lowest BCUT2D eigenvalue weighted by atomic mass is 10.1. The van der Waals surface area contributed by atoms with Gasteiger partial charge in [0.05, 0.1) is 0 Å². The maximum Gasteiger partial charge on any atom is 0.322 e. The minimum atomic E-state index is -1.02. The molecule has 0 aliphatic rings. The smallest absolute Gasteiger partial charge is 0.322 e. The summed E-state index contributed by atoms with van der Waals surface area (Å²) in [6, 6.07) is 0. The molecule has 0 radical (unpaired) electrons. The molecule has 0 saturated carbocycles. The molecule has 6 nitrogen and oxygen atoms in total.